The third-order valence-electron chi connectivity index (χ3n) is 2.55. The van der Waals surface area contributed by atoms with E-state index in [1.54, 1.807) is 12.1 Å². The van der Waals surface area contributed by atoms with Crippen LogP contribution in [0.15, 0.2) is 36.4 Å². The first-order valence-corrected chi connectivity index (χ1v) is 6.27. The van der Waals surface area contributed by atoms with Crippen molar-refractivity contribution >= 4 is 23.2 Å². The molecular weight excluding hydrogens is 293 g/mol. The van der Waals surface area contributed by atoms with E-state index in [0.29, 0.717) is 21.2 Å². The van der Waals surface area contributed by atoms with E-state index in [0.717, 1.165) is 0 Å². The van der Waals surface area contributed by atoms with Crippen LogP contribution < -0.4 is 0 Å². The number of halogens is 4. The molecule has 19 heavy (non-hydrogen) atoms. The van der Waals surface area contributed by atoms with E-state index in [1.807, 2.05) is 0 Å². The Bertz CT molecular complexity index is 536. The summed E-state index contributed by atoms with van der Waals surface area (Å²) >= 11 is 11.7. The van der Waals surface area contributed by atoms with Crippen molar-refractivity contribution in [2.75, 3.05) is 0 Å². The fourth-order valence-electron chi connectivity index (χ4n) is 1.55. The van der Waals surface area contributed by atoms with Crippen LogP contribution >= 0.6 is 23.2 Å². The van der Waals surface area contributed by atoms with Crippen LogP contribution in [0.1, 0.15) is 11.1 Å². The molecule has 2 aromatic rings. The molecule has 0 amide bonds. The van der Waals surface area contributed by atoms with Crippen LogP contribution in [-0.2, 0) is 18.0 Å². The lowest BCUT2D eigenvalue weighted by Gasteiger charge is -2.08. The van der Waals surface area contributed by atoms with E-state index in [1.165, 1.54) is 24.3 Å². The van der Waals surface area contributed by atoms with Crippen molar-refractivity contribution in [3.63, 3.8) is 0 Å². The van der Waals surface area contributed by atoms with Gasteiger partial charge in [0, 0.05) is 10.0 Å². The Morgan fingerprint density at radius 2 is 1.21 bits per heavy atom. The smallest absolute Gasteiger partial charge is 0.124 e. The maximum atomic E-state index is 12.8. The van der Waals surface area contributed by atoms with Gasteiger partial charge < -0.3 is 4.74 Å². The predicted octanol–water partition coefficient (Wildman–Crippen LogP) is 4.99. The minimum atomic E-state index is -0.393. The predicted molar refractivity (Wildman–Crippen MR) is 71.3 cm³/mol. The Labute approximate surface area is 119 Å². The Hall–Kier alpha value is -1.16. The van der Waals surface area contributed by atoms with E-state index in [2.05, 4.69) is 0 Å². The molecule has 0 fully saturated rings. The van der Waals surface area contributed by atoms with Crippen molar-refractivity contribution < 1.29 is 13.5 Å². The molecule has 0 N–H and O–H groups in total. The van der Waals surface area contributed by atoms with Crippen molar-refractivity contribution in [3.05, 3.63) is 69.2 Å². The minimum absolute atomic E-state index is 0.229. The molecule has 0 aliphatic heterocycles. The van der Waals surface area contributed by atoms with Crippen LogP contribution in [0.3, 0.4) is 0 Å². The molecule has 100 valence electrons. The fraction of sp³-hybridized carbons (Fsp3) is 0.143. The van der Waals surface area contributed by atoms with Crippen LogP contribution in [0.4, 0.5) is 8.78 Å². The topological polar surface area (TPSA) is 9.23 Å². The van der Waals surface area contributed by atoms with Gasteiger partial charge in [-0.05, 0) is 35.4 Å². The van der Waals surface area contributed by atoms with Gasteiger partial charge in [0.25, 0.3) is 0 Å². The Balaban J connectivity index is 1.96. The zero-order valence-corrected chi connectivity index (χ0v) is 11.3. The highest BCUT2D eigenvalue weighted by molar-refractivity contribution is 6.31. The second-order valence-electron chi connectivity index (χ2n) is 3.96. The first kappa shape index (κ1) is 14.3. The van der Waals surface area contributed by atoms with Gasteiger partial charge in [0.2, 0.25) is 0 Å². The molecular formula is C14H10Cl2F2O. The SMILES string of the molecule is Fc1ccc(COCc2ccc(F)cc2Cl)c(Cl)c1. The Morgan fingerprint density at radius 3 is 1.58 bits per heavy atom. The summed E-state index contributed by atoms with van der Waals surface area (Å²) in [5.74, 6) is -0.786. The molecule has 0 atom stereocenters. The molecule has 5 heteroatoms. The number of hydrogen-bond acceptors (Lipinski definition) is 1. The first-order chi connectivity index (χ1) is 9.06. The molecule has 0 saturated carbocycles. The lowest BCUT2D eigenvalue weighted by Crippen LogP contribution is -1.96. The third-order valence-corrected chi connectivity index (χ3v) is 3.25. The molecule has 0 unspecified atom stereocenters. The normalized spacial score (nSPS) is 10.7. The van der Waals surface area contributed by atoms with Gasteiger partial charge in [0.1, 0.15) is 11.6 Å². The van der Waals surface area contributed by atoms with Gasteiger partial charge in [-0.15, -0.1) is 0 Å². The van der Waals surface area contributed by atoms with E-state index >= 15 is 0 Å². The van der Waals surface area contributed by atoms with E-state index in [-0.39, 0.29) is 13.2 Å². The van der Waals surface area contributed by atoms with Crippen LogP contribution in [0.25, 0.3) is 0 Å². The number of ether oxygens (including phenoxy) is 1. The molecule has 0 aliphatic carbocycles. The lowest BCUT2D eigenvalue weighted by molar-refractivity contribution is 0.107. The number of hydrogen-bond donors (Lipinski definition) is 0. The van der Waals surface area contributed by atoms with E-state index in [4.69, 9.17) is 27.9 Å². The standard InChI is InChI=1S/C14H10Cl2F2O/c15-13-5-11(17)3-1-9(13)7-19-8-10-2-4-12(18)6-14(10)16/h1-6H,7-8H2. The van der Waals surface area contributed by atoms with E-state index < -0.39 is 11.6 Å². The summed E-state index contributed by atoms with van der Waals surface area (Å²) in [6.07, 6.45) is 0. The molecule has 2 aromatic carbocycles. The second-order valence-corrected chi connectivity index (χ2v) is 4.78. The zero-order valence-electron chi connectivity index (χ0n) is 9.80. The fourth-order valence-corrected chi connectivity index (χ4v) is 1.99. The highest BCUT2D eigenvalue weighted by atomic mass is 35.5. The van der Waals surface area contributed by atoms with E-state index in [9.17, 15) is 8.78 Å². The molecule has 0 saturated heterocycles. The first-order valence-electron chi connectivity index (χ1n) is 5.52. The summed E-state index contributed by atoms with van der Waals surface area (Å²) in [7, 11) is 0. The van der Waals surface area contributed by atoms with Gasteiger partial charge in [-0.25, -0.2) is 8.78 Å². The van der Waals surface area contributed by atoms with Crippen molar-refractivity contribution in [1.82, 2.24) is 0 Å². The second kappa shape index (κ2) is 6.33. The zero-order chi connectivity index (χ0) is 13.8. The number of benzene rings is 2. The average molecular weight is 303 g/mol. The molecule has 0 aromatic heterocycles. The summed E-state index contributed by atoms with van der Waals surface area (Å²) in [6.45, 7) is 0.458. The molecule has 0 radical (unpaired) electrons. The highest BCUT2D eigenvalue weighted by Crippen LogP contribution is 2.21. The van der Waals surface area contributed by atoms with Gasteiger partial charge in [-0.1, -0.05) is 35.3 Å². The average Bonchev–Trinajstić information content (AvgIpc) is 2.34. The van der Waals surface area contributed by atoms with Crippen molar-refractivity contribution in [1.29, 1.82) is 0 Å². The van der Waals surface area contributed by atoms with Gasteiger partial charge in [0.15, 0.2) is 0 Å². The molecule has 0 aliphatic rings. The highest BCUT2D eigenvalue weighted by Gasteiger charge is 2.05. The van der Waals surface area contributed by atoms with Crippen molar-refractivity contribution in [2.24, 2.45) is 0 Å². The van der Waals surface area contributed by atoms with Gasteiger partial charge in [-0.2, -0.15) is 0 Å². The summed E-state index contributed by atoms with van der Waals surface area (Å²) in [6, 6.07) is 8.20. The van der Waals surface area contributed by atoms with Crippen LogP contribution in [0.5, 0.6) is 0 Å². The molecule has 0 bridgehead atoms. The minimum Gasteiger partial charge on any atom is -0.372 e. The Kier molecular flexibility index (Phi) is 4.75. The van der Waals surface area contributed by atoms with Crippen LogP contribution in [0.2, 0.25) is 10.0 Å². The molecule has 2 rings (SSSR count). The van der Waals surface area contributed by atoms with Crippen LogP contribution in [-0.4, -0.2) is 0 Å². The number of rotatable bonds is 4. The Morgan fingerprint density at radius 1 is 0.789 bits per heavy atom. The third kappa shape index (κ3) is 3.90. The van der Waals surface area contributed by atoms with Gasteiger partial charge >= 0.3 is 0 Å². The van der Waals surface area contributed by atoms with Gasteiger partial charge in [-0.3, -0.25) is 0 Å². The molecule has 1 nitrogen and oxygen atoms in total. The molecule has 0 heterocycles. The largest absolute Gasteiger partial charge is 0.372 e. The summed E-state index contributed by atoms with van der Waals surface area (Å²) in [4.78, 5) is 0. The monoisotopic (exact) mass is 302 g/mol. The van der Waals surface area contributed by atoms with Gasteiger partial charge in [0.05, 0.1) is 13.2 Å². The molecule has 0 spiro atoms. The quantitative estimate of drug-likeness (QED) is 0.773. The summed E-state index contributed by atoms with van der Waals surface area (Å²) in [5.41, 5.74) is 1.36. The maximum Gasteiger partial charge on any atom is 0.124 e. The maximum absolute atomic E-state index is 12.8. The summed E-state index contributed by atoms with van der Waals surface area (Å²) in [5, 5.41) is 0.621. The van der Waals surface area contributed by atoms with Crippen molar-refractivity contribution in [2.45, 2.75) is 13.2 Å². The van der Waals surface area contributed by atoms with Crippen LogP contribution in [0, 0.1) is 11.6 Å². The lowest BCUT2D eigenvalue weighted by atomic mass is 10.2. The summed E-state index contributed by atoms with van der Waals surface area (Å²) < 4.78 is 31.1. The van der Waals surface area contributed by atoms with Crippen molar-refractivity contribution in [3.8, 4) is 0 Å².